The molecule has 76 valence electrons. The fourth-order valence-electron chi connectivity index (χ4n) is 0. The summed E-state index contributed by atoms with van der Waals surface area (Å²) in [6.07, 6.45) is 0. The molecule has 0 rings (SSSR count). The van der Waals surface area contributed by atoms with E-state index in [1.54, 1.807) is 0 Å². The van der Waals surface area contributed by atoms with Crippen molar-refractivity contribution in [2.45, 2.75) is 0 Å². The van der Waals surface area contributed by atoms with Gasteiger partial charge in [0, 0.05) is 43.4 Å². The maximum absolute atomic E-state index is 6.62. The Labute approximate surface area is 141 Å². The van der Waals surface area contributed by atoms with Crippen LogP contribution in [0.1, 0.15) is 0 Å². The van der Waals surface area contributed by atoms with Crippen molar-refractivity contribution >= 4 is 0 Å². The molecule has 0 aliphatic heterocycles. The fraction of sp³-hybridized carbons (Fsp3) is 0. The van der Waals surface area contributed by atoms with E-state index in [1.165, 1.54) is 0 Å². The molecule has 0 aliphatic rings. The van der Waals surface area contributed by atoms with Crippen LogP contribution in [0.4, 0.5) is 0 Å². The molecular weight excluding hydrogens is 279 g/mol. The molecule has 0 fully saturated rings. The second-order valence-electron chi connectivity index (χ2n) is 0.0816. The zero-order valence-corrected chi connectivity index (χ0v) is 12.2. The van der Waals surface area contributed by atoms with Crippen molar-refractivity contribution < 1.29 is 143 Å². The van der Waals surface area contributed by atoms with Crippen LogP contribution in [-0.2, 0) is 48.5 Å². The number of rotatable bonds is 0. The maximum Gasteiger partial charge on any atom is 1.00 e. The summed E-state index contributed by atoms with van der Waals surface area (Å²) in [5.41, 5.74) is 0. The van der Waals surface area contributed by atoms with Gasteiger partial charge in [-0.1, -0.05) is 5.04 Å². The van der Waals surface area contributed by atoms with Gasteiger partial charge in [-0.2, -0.15) is 0 Å². The standard InChI is InChI=1S/K.H2O3.6H2O.2Ti/c;1-3-2;;;;;;;;/h;1-2H;6*1H2;;/q+1;;;;;;;;;/p-6. The minimum atomic E-state index is 0. The zero-order chi connectivity index (χ0) is 2.71. The SMILES string of the molecule is OOO.[K+].[OH-].[OH-].[OH-].[OH-].[OH-].[OH-].[Ti].[Ti]. The zero-order valence-electron chi connectivity index (χ0n) is 5.99. The number of hydrogen-bond donors (Lipinski definition) is 2. The van der Waals surface area contributed by atoms with Gasteiger partial charge in [0.25, 0.3) is 0 Å². The first-order valence-corrected chi connectivity index (χ1v) is 0.365. The van der Waals surface area contributed by atoms with Crippen LogP contribution in [0, 0.1) is 0 Å². The first kappa shape index (κ1) is 125. The normalized spacial score (nSPS) is 1.50. The van der Waals surface area contributed by atoms with Crippen molar-refractivity contribution in [3.05, 3.63) is 0 Å². The Hall–Kier alpha value is 2.70. The molecule has 0 heterocycles. The molecule has 12 heavy (non-hydrogen) atoms. The molecule has 9 nitrogen and oxygen atoms in total. The van der Waals surface area contributed by atoms with Gasteiger partial charge in [-0.15, -0.1) is 0 Å². The van der Waals surface area contributed by atoms with E-state index in [2.05, 4.69) is 5.04 Å². The monoisotopic (exact) mass is 287 g/mol. The Morgan fingerprint density at radius 3 is 0.583 bits per heavy atom. The molecule has 0 radical (unpaired) electrons. The average molecular weight is 287 g/mol. The van der Waals surface area contributed by atoms with Crippen LogP contribution >= 0.6 is 0 Å². The van der Waals surface area contributed by atoms with Gasteiger partial charge in [-0.3, -0.25) is 0 Å². The van der Waals surface area contributed by atoms with Crippen LogP contribution in [0.15, 0.2) is 0 Å². The first-order valence-electron chi connectivity index (χ1n) is 0.365. The summed E-state index contributed by atoms with van der Waals surface area (Å²) < 4.78 is 0. The van der Waals surface area contributed by atoms with Crippen molar-refractivity contribution in [2.24, 2.45) is 0 Å². The quantitative estimate of drug-likeness (QED) is 0.250. The van der Waals surface area contributed by atoms with Gasteiger partial charge >= 0.3 is 51.4 Å². The minimum absolute atomic E-state index is 0. The molecule has 0 unspecified atom stereocenters. The van der Waals surface area contributed by atoms with Crippen molar-refractivity contribution in [1.29, 1.82) is 0 Å². The Balaban J connectivity index is -0.000000000556. The molecule has 0 aromatic carbocycles. The van der Waals surface area contributed by atoms with E-state index < -0.39 is 0 Å². The molecule has 0 amide bonds. The third-order valence-corrected chi connectivity index (χ3v) is 0. The molecule has 0 aromatic heterocycles. The van der Waals surface area contributed by atoms with E-state index in [-0.39, 0.29) is 128 Å². The van der Waals surface area contributed by atoms with Gasteiger partial charge in [-0.25, -0.2) is 10.5 Å². The number of hydrogen-bond acceptors (Lipinski definition) is 9. The summed E-state index contributed by atoms with van der Waals surface area (Å²) in [6.45, 7) is 0. The first-order chi connectivity index (χ1) is 1.41. The third kappa shape index (κ3) is 238. The van der Waals surface area contributed by atoms with E-state index in [1.807, 2.05) is 0 Å². The average Bonchev–Trinajstić information content (AvgIpc) is 0.918. The largest absolute Gasteiger partial charge is 1.00 e. The van der Waals surface area contributed by atoms with Crippen LogP contribution in [0.3, 0.4) is 0 Å². The summed E-state index contributed by atoms with van der Waals surface area (Å²) in [6, 6.07) is 0. The summed E-state index contributed by atoms with van der Waals surface area (Å²) in [4.78, 5) is 0. The minimum Gasteiger partial charge on any atom is -0.870 e. The summed E-state index contributed by atoms with van der Waals surface area (Å²) >= 11 is 0. The maximum atomic E-state index is 6.62. The van der Waals surface area contributed by atoms with Crippen LogP contribution in [0.5, 0.6) is 0 Å². The molecular formula is H8KO9Ti2-5. The molecule has 0 aromatic rings. The fourth-order valence-corrected chi connectivity index (χ4v) is 0. The van der Waals surface area contributed by atoms with Crippen LogP contribution in [0.2, 0.25) is 0 Å². The molecule has 12 heteroatoms. The Morgan fingerprint density at radius 1 is 0.583 bits per heavy atom. The van der Waals surface area contributed by atoms with Gasteiger partial charge in [0.1, 0.15) is 0 Å². The Kier molecular flexibility index (Phi) is 1680. The summed E-state index contributed by atoms with van der Waals surface area (Å²) in [5, 5.41) is 15.5. The molecule has 8 N–H and O–H groups in total. The molecule has 0 spiro atoms. The van der Waals surface area contributed by atoms with Gasteiger partial charge in [0.15, 0.2) is 0 Å². The summed E-state index contributed by atoms with van der Waals surface area (Å²) in [5.74, 6) is 0. The molecule has 0 saturated carbocycles. The topological polar surface area (TPSA) is 230 Å². The van der Waals surface area contributed by atoms with Crippen molar-refractivity contribution in [3.8, 4) is 0 Å². The van der Waals surface area contributed by atoms with E-state index in [0.717, 1.165) is 0 Å². The van der Waals surface area contributed by atoms with Crippen molar-refractivity contribution in [2.75, 3.05) is 0 Å². The summed E-state index contributed by atoms with van der Waals surface area (Å²) in [7, 11) is 0. The second-order valence-corrected chi connectivity index (χ2v) is 0.0816. The van der Waals surface area contributed by atoms with Crippen LogP contribution in [-0.4, -0.2) is 43.4 Å². The van der Waals surface area contributed by atoms with Crippen molar-refractivity contribution in [1.82, 2.24) is 0 Å². The molecule has 0 atom stereocenters. The Morgan fingerprint density at radius 2 is 0.583 bits per heavy atom. The molecule has 0 aliphatic carbocycles. The Bertz CT molecular complexity index is 12.5. The predicted molar refractivity (Wildman–Crippen MR) is 18.0 cm³/mol. The van der Waals surface area contributed by atoms with Crippen molar-refractivity contribution in [3.63, 3.8) is 0 Å². The van der Waals surface area contributed by atoms with Crippen LogP contribution in [0.25, 0.3) is 0 Å². The van der Waals surface area contributed by atoms with Gasteiger partial charge in [0.05, 0.1) is 0 Å². The van der Waals surface area contributed by atoms with Gasteiger partial charge < -0.3 is 32.9 Å². The predicted octanol–water partition coefficient (Wildman–Crippen LogP) is -4.11. The van der Waals surface area contributed by atoms with E-state index >= 15 is 0 Å². The van der Waals surface area contributed by atoms with Gasteiger partial charge in [-0.05, 0) is 0 Å². The van der Waals surface area contributed by atoms with Crippen LogP contribution < -0.4 is 51.4 Å². The van der Waals surface area contributed by atoms with E-state index in [9.17, 15) is 0 Å². The smallest absolute Gasteiger partial charge is 0.870 e. The van der Waals surface area contributed by atoms with Gasteiger partial charge in [0.2, 0.25) is 0 Å². The third-order valence-electron chi connectivity index (χ3n) is 0. The molecule has 0 saturated heterocycles. The van der Waals surface area contributed by atoms with E-state index in [4.69, 9.17) is 10.5 Å². The second kappa shape index (κ2) is 161. The van der Waals surface area contributed by atoms with E-state index in [0.29, 0.717) is 0 Å². The molecule has 0 bridgehead atoms.